The lowest BCUT2D eigenvalue weighted by molar-refractivity contribution is 0.140. The maximum absolute atomic E-state index is 10.1. The second-order valence-electron chi connectivity index (χ2n) is 5.70. The summed E-state index contributed by atoms with van der Waals surface area (Å²) in [6.45, 7) is 3.97. The van der Waals surface area contributed by atoms with Gasteiger partial charge in [0.25, 0.3) is 0 Å². The maximum Gasteiger partial charge on any atom is 0.0865 e. The summed E-state index contributed by atoms with van der Waals surface area (Å²) in [6.07, 6.45) is 0.639. The fourth-order valence-electron chi connectivity index (χ4n) is 3.08. The predicted molar refractivity (Wildman–Crippen MR) is 81.6 cm³/mol. The minimum Gasteiger partial charge on any atom is -0.399 e. The van der Waals surface area contributed by atoms with Gasteiger partial charge in [-0.1, -0.05) is 0 Å². The summed E-state index contributed by atoms with van der Waals surface area (Å²) in [6, 6.07) is 5.77. The molecule has 1 aromatic rings. The van der Waals surface area contributed by atoms with Gasteiger partial charge in [-0.25, -0.2) is 0 Å². The van der Waals surface area contributed by atoms with Gasteiger partial charge in [-0.2, -0.15) is 0 Å². The summed E-state index contributed by atoms with van der Waals surface area (Å²) in [5.41, 5.74) is 14.2. The SMILES string of the molecule is Cc1cc(N2C(C(C)O)CCC2C(O)CN)ccc1N. The van der Waals surface area contributed by atoms with Gasteiger partial charge in [0.05, 0.1) is 24.3 Å². The van der Waals surface area contributed by atoms with Gasteiger partial charge >= 0.3 is 0 Å². The van der Waals surface area contributed by atoms with Crippen LogP contribution in [0.1, 0.15) is 25.3 Å². The van der Waals surface area contributed by atoms with Crippen LogP contribution in [0, 0.1) is 6.92 Å². The van der Waals surface area contributed by atoms with Crippen LogP contribution in [0.2, 0.25) is 0 Å². The third kappa shape index (κ3) is 2.75. The largest absolute Gasteiger partial charge is 0.399 e. The highest BCUT2D eigenvalue weighted by Gasteiger charge is 2.39. The van der Waals surface area contributed by atoms with Crippen molar-refractivity contribution in [3.05, 3.63) is 23.8 Å². The molecular weight excluding hydrogens is 254 g/mol. The van der Waals surface area contributed by atoms with Crippen LogP contribution in [0.4, 0.5) is 11.4 Å². The number of anilines is 2. The Morgan fingerprint density at radius 1 is 1.30 bits per heavy atom. The molecule has 1 aromatic carbocycles. The molecule has 5 heteroatoms. The van der Waals surface area contributed by atoms with Gasteiger partial charge in [0.2, 0.25) is 0 Å². The summed E-state index contributed by atoms with van der Waals surface area (Å²) in [5.74, 6) is 0. The molecule has 2 rings (SSSR count). The molecule has 112 valence electrons. The molecule has 0 amide bonds. The fourth-order valence-corrected chi connectivity index (χ4v) is 3.08. The highest BCUT2D eigenvalue weighted by Crippen LogP contribution is 2.35. The lowest BCUT2D eigenvalue weighted by atomic mass is 10.1. The Morgan fingerprint density at radius 3 is 2.50 bits per heavy atom. The molecule has 5 nitrogen and oxygen atoms in total. The maximum atomic E-state index is 10.1. The lowest BCUT2D eigenvalue weighted by Crippen LogP contribution is -2.48. The molecule has 1 fully saturated rings. The second-order valence-corrected chi connectivity index (χ2v) is 5.70. The van der Waals surface area contributed by atoms with Gasteiger partial charge in [0, 0.05) is 17.9 Å². The minimum absolute atomic E-state index is 0.00391. The van der Waals surface area contributed by atoms with Crippen LogP contribution in [0.25, 0.3) is 0 Å². The summed E-state index contributed by atoms with van der Waals surface area (Å²) < 4.78 is 0. The summed E-state index contributed by atoms with van der Waals surface area (Å²) in [7, 11) is 0. The topological polar surface area (TPSA) is 95.7 Å². The Bertz CT molecular complexity index is 464. The normalized spacial score (nSPS) is 25.8. The zero-order valence-corrected chi connectivity index (χ0v) is 12.2. The van der Waals surface area contributed by atoms with Crippen LogP contribution in [0.5, 0.6) is 0 Å². The van der Waals surface area contributed by atoms with E-state index in [4.69, 9.17) is 11.5 Å². The van der Waals surface area contributed by atoms with Crippen LogP contribution in [-0.2, 0) is 0 Å². The monoisotopic (exact) mass is 279 g/mol. The van der Waals surface area contributed by atoms with Crippen molar-refractivity contribution >= 4 is 11.4 Å². The molecule has 6 N–H and O–H groups in total. The Balaban J connectivity index is 2.36. The van der Waals surface area contributed by atoms with Crippen LogP contribution >= 0.6 is 0 Å². The number of aliphatic hydroxyl groups excluding tert-OH is 2. The number of rotatable bonds is 4. The van der Waals surface area contributed by atoms with Crippen LogP contribution in [-0.4, -0.2) is 41.0 Å². The predicted octanol–water partition coefficient (Wildman–Crippen LogP) is 0.615. The van der Waals surface area contributed by atoms with Crippen LogP contribution < -0.4 is 16.4 Å². The molecule has 1 aliphatic heterocycles. The van der Waals surface area contributed by atoms with E-state index in [1.165, 1.54) is 0 Å². The number of nitrogen functional groups attached to an aromatic ring is 1. The number of nitrogens with two attached hydrogens (primary N) is 2. The first-order valence-corrected chi connectivity index (χ1v) is 7.16. The second kappa shape index (κ2) is 5.99. The molecule has 1 aliphatic rings. The van der Waals surface area contributed by atoms with E-state index in [1.807, 2.05) is 25.1 Å². The molecule has 1 heterocycles. The van der Waals surface area contributed by atoms with E-state index in [0.717, 1.165) is 29.8 Å². The quantitative estimate of drug-likeness (QED) is 0.606. The first kappa shape index (κ1) is 15.1. The number of hydrogen-bond donors (Lipinski definition) is 4. The summed E-state index contributed by atoms with van der Waals surface area (Å²) >= 11 is 0. The van der Waals surface area contributed by atoms with Crippen molar-refractivity contribution in [1.82, 2.24) is 0 Å². The zero-order valence-electron chi connectivity index (χ0n) is 12.2. The molecule has 0 saturated carbocycles. The molecule has 0 aliphatic carbocycles. The highest BCUT2D eigenvalue weighted by molar-refractivity contribution is 5.59. The number of benzene rings is 1. The van der Waals surface area contributed by atoms with Gasteiger partial charge < -0.3 is 26.6 Å². The van der Waals surface area contributed by atoms with Crippen molar-refractivity contribution in [2.45, 2.75) is 51.0 Å². The summed E-state index contributed by atoms with van der Waals surface area (Å²) in [5, 5.41) is 20.1. The molecule has 4 unspecified atom stereocenters. The van der Waals surface area contributed by atoms with Crippen molar-refractivity contribution in [3.63, 3.8) is 0 Å². The first-order chi connectivity index (χ1) is 9.45. The molecule has 0 spiro atoms. The highest BCUT2D eigenvalue weighted by atomic mass is 16.3. The minimum atomic E-state index is -0.586. The van der Waals surface area contributed by atoms with E-state index in [2.05, 4.69) is 4.90 Å². The Hall–Kier alpha value is -1.30. The number of nitrogens with zero attached hydrogens (tertiary/aromatic N) is 1. The van der Waals surface area contributed by atoms with Crippen LogP contribution in [0.3, 0.4) is 0 Å². The number of aliphatic hydroxyl groups is 2. The smallest absolute Gasteiger partial charge is 0.0865 e. The number of hydrogen-bond acceptors (Lipinski definition) is 5. The Morgan fingerprint density at radius 2 is 1.95 bits per heavy atom. The van der Waals surface area contributed by atoms with Crippen molar-refractivity contribution in [1.29, 1.82) is 0 Å². The van der Waals surface area contributed by atoms with Gasteiger partial charge in [-0.15, -0.1) is 0 Å². The fraction of sp³-hybridized carbons (Fsp3) is 0.600. The standard InChI is InChI=1S/C15H25N3O2/c1-9-7-11(3-4-12(9)17)18-13(10(2)19)5-6-14(18)15(20)8-16/h3-4,7,10,13-15,19-20H,5-6,8,16-17H2,1-2H3. The van der Waals surface area contributed by atoms with E-state index in [0.29, 0.717) is 0 Å². The van der Waals surface area contributed by atoms with Gasteiger partial charge in [0.1, 0.15) is 0 Å². The zero-order chi connectivity index (χ0) is 14.9. The Kier molecular flexibility index (Phi) is 4.52. The molecule has 1 saturated heterocycles. The first-order valence-electron chi connectivity index (χ1n) is 7.16. The van der Waals surface area contributed by atoms with Crippen molar-refractivity contribution < 1.29 is 10.2 Å². The molecule has 0 radical (unpaired) electrons. The van der Waals surface area contributed by atoms with E-state index in [9.17, 15) is 10.2 Å². The van der Waals surface area contributed by atoms with Crippen molar-refractivity contribution in [2.24, 2.45) is 5.73 Å². The average molecular weight is 279 g/mol. The third-order valence-corrected chi connectivity index (χ3v) is 4.27. The van der Waals surface area contributed by atoms with Gasteiger partial charge in [-0.3, -0.25) is 0 Å². The third-order valence-electron chi connectivity index (χ3n) is 4.27. The molecule has 20 heavy (non-hydrogen) atoms. The molecule has 4 atom stereocenters. The Labute approximate surface area is 120 Å². The molecular formula is C15H25N3O2. The average Bonchev–Trinajstić information content (AvgIpc) is 2.86. The number of aryl methyl sites for hydroxylation is 1. The molecule has 0 bridgehead atoms. The summed E-state index contributed by atoms with van der Waals surface area (Å²) in [4.78, 5) is 2.11. The lowest BCUT2D eigenvalue weighted by Gasteiger charge is -2.36. The van der Waals surface area contributed by atoms with E-state index in [-0.39, 0.29) is 18.6 Å². The van der Waals surface area contributed by atoms with Crippen molar-refractivity contribution in [3.8, 4) is 0 Å². The van der Waals surface area contributed by atoms with E-state index >= 15 is 0 Å². The van der Waals surface area contributed by atoms with Crippen molar-refractivity contribution in [2.75, 3.05) is 17.2 Å². The van der Waals surface area contributed by atoms with Gasteiger partial charge in [-0.05, 0) is 50.5 Å². The van der Waals surface area contributed by atoms with Gasteiger partial charge in [0.15, 0.2) is 0 Å². The van der Waals surface area contributed by atoms with Crippen LogP contribution in [0.15, 0.2) is 18.2 Å². The van der Waals surface area contributed by atoms with E-state index < -0.39 is 12.2 Å². The van der Waals surface area contributed by atoms with E-state index in [1.54, 1.807) is 6.92 Å². The molecule has 0 aromatic heterocycles.